The Bertz CT molecular complexity index is 903. The molecule has 2 aliphatic rings. The molecule has 2 heterocycles. The maximum atomic E-state index is 12.8. The molecule has 0 saturated heterocycles. The van der Waals surface area contributed by atoms with Gasteiger partial charge < -0.3 is 10.3 Å². The summed E-state index contributed by atoms with van der Waals surface area (Å²) in [7, 11) is 0. The van der Waals surface area contributed by atoms with Gasteiger partial charge in [-0.3, -0.25) is 14.6 Å². The van der Waals surface area contributed by atoms with Gasteiger partial charge in [0.25, 0.3) is 11.5 Å². The van der Waals surface area contributed by atoms with Gasteiger partial charge in [-0.05, 0) is 60.3 Å². The van der Waals surface area contributed by atoms with Crippen LogP contribution < -0.4 is 10.9 Å². The molecular weight excluding hydrogens is 326 g/mol. The first-order valence-corrected chi connectivity index (χ1v) is 9.27. The Kier molecular flexibility index (Phi) is 3.79. The van der Waals surface area contributed by atoms with E-state index in [1.165, 1.54) is 6.42 Å². The lowest BCUT2D eigenvalue weighted by Crippen LogP contribution is -2.47. The molecule has 0 aliphatic heterocycles. The van der Waals surface area contributed by atoms with Gasteiger partial charge in [-0.25, -0.2) is 0 Å². The Hall–Kier alpha value is -2.43. The summed E-state index contributed by atoms with van der Waals surface area (Å²) in [5, 5.41) is 3.15. The number of H-pyrrole nitrogens is 1. The normalized spacial score (nSPS) is 28.9. The van der Waals surface area contributed by atoms with Crippen LogP contribution in [0, 0.1) is 16.7 Å². The average Bonchev–Trinajstić information content (AvgIpc) is 2.95. The van der Waals surface area contributed by atoms with Crippen molar-refractivity contribution in [3.8, 4) is 11.3 Å². The van der Waals surface area contributed by atoms with Crippen LogP contribution in [0.2, 0.25) is 0 Å². The molecule has 1 amide bonds. The highest BCUT2D eigenvalue weighted by Crippen LogP contribution is 2.65. The molecule has 4 rings (SSSR count). The lowest BCUT2D eigenvalue weighted by atomic mass is 9.69. The van der Waals surface area contributed by atoms with Crippen LogP contribution in [-0.2, 0) is 0 Å². The zero-order valence-corrected chi connectivity index (χ0v) is 15.5. The van der Waals surface area contributed by atoms with E-state index in [4.69, 9.17) is 0 Å². The lowest BCUT2D eigenvalue weighted by Gasteiger charge is -2.39. The van der Waals surface area contributed by atoms with Crippen molar-refractivity contribution in [2.45, 2.75) is 46.1 Å². The number of carbonyl (C=O) groups is 1. The van der Waals surface area contributed by atoms with Gasteiger partial charge in [-0.2, -0.15) is 0 Å². The molecule has 2 aromatic heterocycles. The number of aromatic nitrogens is 2. The molecule has 2 bridgehead atoms. The van der Waals surface area contributed by atoms with Crippen molar-refractivity contribution >= 4 is 5.91 Å². The first-order valence-electron chi connectivity index (χ1n) is 9.27. The molecule has 2 aliphatic carbocycles. The molecule has 26 heavy (non-hydrogen) atoms. The summed E-state index contributed by atoms with van der Waals surface area (Å²) in [6.07, 6.45) is 6.71. The molecule has 2 aromatic rings. The topological polar surface area (TPSA) is 74.8 Å². The smallest absolute Gasteiger partial charge is 0.261 e. The minimum Gasteiger partial charge on any atom is -0.349 e. The Morgan fingerprint density at radius 1 is 1.19 bits per heavy atom. The van der Waals surface area contributed by atoms with Crippen molar-refractivity contribution in [2.24, 2.45) is 16.7 Å². The van der Waals surface area contributed by atoms with Crippen LogP contribution in [0.1, 0.15) is 50.4 Å². The van der Waals surface area contributed by atoms with Gasteiger partial charge in [-0.15, -0.1) is 0 Å². The van der Waals surface area contributed by atoms with Crippen LogP contribution in [0.25, 0.3) is 11.3 Å². The van der Waals surface area contributed by atoms with Gasteiger partial charge in [0.2, 0.25) is 0 Å². The molecule has 5 heteroatoms. The van der Waals surface area contributed by atoms with Crippen LogP contribution in [0.4, 0.5) is 0 Å². The second-order valence-electron chi connectivity index (χ2n) is 8.49. The number of hydrogen-bond donors (Lipinski definition) is 2. The molecule has 0 unspecified atom stereocenters. The molecule has 5 nitrogen and oxygen atoms in total. The van der Waals surface area contributed by atoms with Crippen molar-refractivity contribution in [1.29, 1.82) is 0 Å². The second kappa shape index (κ2) is 5.79. The fourth-order valence-electron chi connectivity index (χ4n) is 5.01. The van der Waals surface area contributed by atoms with Crippen molar-refractivity contribution in [3.05, 3.63) is 52.6 Å². The summed E-state index contributed by atoms with van der Waals surface area (Å²) in [6.45, 7) is 6.90. The van der Waals surface area contributed by atoms with E-state index >= 15 is 0 Å². The summed E-state index contributed by atoms with van der Waals surface area (Å²) in [5.41, 5.74) is 1.68. The number of carbonyl (C=O) groups excluding carboxylic acids is 1. The van der Waals surface area contributed by atoms with Crippen molar-refractivity contribution in [1.82, 2.24) is 15.3 Å². The summed E-state index contributed by atoms with van der Waals surface area (Å²) in [5.74, 6) is 0.368. The minimum atomic E-state index is -0.357. The largest absolute Gasteiger partial charge is 0.349 e. The highest BCUT2D eigenvalue weighted by atomic mass is 16.2. The van der Waals surface area contributed by atoms with Gasteiger partial charge in [-0.1, -0.05) is 20.8 Å². The number of pyridine rings is 2. The molecule has 136 valence electrons. The third-order valence-electron chi connectivity index (χ3n) is 7.24. The summed E-state index contributed by atoms with van der Waals surface area (Å²) in [6, 6.07) is 7.16. The highest BCUT2D eigenvalue weighted by Gasteiger charge is 2.61. The average molecular weight is 351 g/mol. The van der Waals surface area contributed by atoms with E-state index in [9.17, 15) is 9.59 Å². The summed E-state index contributed by atoms with van der Waals surface area (Å²) >= 11 is 0. The van der Waals surface area contributed by atoms with Gasteiger partial charge in [0.1, 0.15) is 5.56 Å². The molecule has 3 atom stereocenters. The first kappa shape index (κ1) is 17.0. The maximum absolute atomic E-state index is 12.8. The fourth-order valence-corrected chi connectivity index (χ4v) is 5.01. The van der Waals surface area contributed by atoms with Crippen LogP contribution >= 0.6 is 0 Å². The van der Waals surface area contributed by atoms with E-state index in [0.717, 1.165) is 18.4 Å². The Labute approximate surface area is 153 Å². The van der Waals surface area contributed by atoms with Crippen LogP contribution in [-0.4, -0.2) is 21.9 Å². The quantitative estimate of drug-likeness (QED) is 0.890. The van der Waals surface area contributed by atoms with Gasteiger partial charge in [0, 0.05) is 29.7 Å². The third-order valence-corrected chi connectivity index (χ3v) is 7.24. The number of nitrogens with zero attached hydrogens (tertiary/aromatic N) is 1. The van der Waals surface area contributed by atoms with E-state index in [0.29, 0.717) is 11.6 Å². The van der Waals surface area contributed by atoms with E-state index in [1.807, 2.05) is 12.1 Å². The fraction of sp³-hybridized carbons (Fsp3) is 0.476. The molecule has 0 aromatic carbocycles. The lowest BCUT2D eigenvalue weighted by molar-refractivity contribution is 0.0825. The maximum Gasteiger partial charge on any atom is 0.261 e. The van der Waals surface area contributed by atoms with E-state index in [1.54, 1.807) is 24.5 Å². The Balaban J connectivity index is 1.56. The molecule has 0 radical (unpaired) electrons. The number of fused-ring (bicyclic) bond motifs is 2. The van der Waals surface area contributed by atoms with Crippen LogP contribution in [0.5, 0.6) is 0 Å². The van der Waals surface area contributed by atoms with Gasteiger partial charge >= 0.3 is 0 Å². The Morgan fingerprint density at radius 2 is 1.92 bits per heavy atom. The van der Waals surface area contributed by atoms with Crippen LogP contribution in [0.15, 0.2) is 41.5 Å². The highest BCUT2D eigenvalue weighted by molar-refractivity contribution is 5.94. The molecule has 2 N–H and O–H groups in total. The Morgan fingerprint density at radius 3 is 2.50 bits per heavy atom. The van der Waals surface area contributed by atoms with Crippen molar-refractivity contribution < 1.29 is 4.79 Å². The molecule has 2 fully saturated rings. The monoisotopic (exact) mass is 351 g/mol. The number of aromatic amines is 1. The van der Waals surface area contributed by atoms with Crippen molar-refractivity contribution in [3.63, 3.8) is 0 Å². The summed E-state index contributed by atoms with van der Waals surface area (Å²) < 4.78 is 0. The molecule has 0 spiro atoms. The zero-order valence-electron chi connectivity index (χ0n) is 15.5. The van der Waals surface area contributed by atoms with E-state index in [-0.39, 0.29) is 33.9 Å². The van der Waals surface area contributed by atoms with E-state index in [2.05, 4.69) is 36.1 Å². The number of rotatable bonds is 3. The van der Waals surface area contributed by atoms with Crippen LogP contribution in [0.3, 0.4) is 0 Å². The second-order valence-corrected chi connectivity index (χ2v) is 8.49. The SMILES string of the molecule is CC1(C)[C@H]2CC[C@@]1(C)[C@H](NC(=O)c1ccc(-c3ccncc3)[nH]c1=O)C2. The summed E-state index contributed by atoms with van der Waals surface area (Å²) in [4.78, 5) is 32.0. The third kappa shape index (κ3) is 2.41. The standard InChI is InChI=1S/C21H25N3O2/c1-20(2)14-6-9-21(20,3)17(12-14)24-19(26)15-4-5-16(23-18(15)25)13-7-10-22-11-8-13/h4-5,7-8,10-11,14,17H,6,9,12H2,1-3H3,(H,23,25)(H,24,26)/t14-,17+,21-/m0/s1. The zero-order chi connectivity index (χ0) is 18.5. The number of nitrogens with one attached hydrogen (secondary N) is 2. The number of amides is 1. The number of hydrogen-bond acceptors (Lipinski definition) is 3. The predicted molar refractivity (Wildman–Crippen MR) is 101 cm³/mol. The first-order chi connectivity index (χ1) is 12.3. The molecular formula is C21H25N3O2. The van der Waals surface area contributed by atoms with Crippen molar-refractivity contribution in [2.75, 3.05) is 0 Å². The van der Waals surface area contributed by atoms with Gasteiger partial charge in [0.15, 0.2) is 0 Å². The molecule has 2 saturated carbocycles. The van der Waals surface area contributed by atoms with E-state index < -0.39 is 0 Å². The minimum absolute atomic E-state index is 0.0943. The predicted octanol–water partition coefficient (Wildman–Crippen LogP) is 3.38. The van der Waals surface area contributed by atoms with Gasteiger partial charge in [0.05, 0.1) is 0 Å².